The number of hydrogen-bond donors (Lipinski definition) is 1. The normalized spacial score (nSPS) is 15.0. The van der Waals surface area contributed by atoms with Crippen molar-refractivity contribution in [3.8, 4) is 0 Å². The van der Waals surface area contributed by atoms with Crippen LogP contribution in [0.2, 0.25) is 0 Å². The van der Waals surface area contributed by atoms with Gasteiger partial charge in [0.25, 0.3) is 0 Å². The first-order chi connectivity index (χ1) is 9.18. The van der Waals surface area contributed by atoms with Crippen molar-refractivity contribution in [2.75, 3.05) is 36.5 Å². The summed E-state index contributed by atoms with van der Waals surface area (Å²) in [5, 5.41) is 8.67. The Labute approximate surface area is 114 Å². The molecule has 2 rings (SSSR count). The number of carboxylic acids is 1. The molecule has 1 N–H and O–H groups in total. The molecule has 1 heterocycles. The molecule has 1 aliphatic rings. The van der Waals surface area contributed by atoms with Crippen LogP contribution in [0, 0.1) is 0 Å². The molecule has 0 aliphatic carbocycles. The largest absolute Gasteiger partial charge is 0.481 e. The number of nitrogens with zero attached hydrogens (tertiary/aromatic N) is 2. The molecule has 0 radical (unpaired) electrons. The lowest BCUT2D eigenvalue weighted by Crippen LogP contribution is -2.25. The van der Waals surface area contributed by atoms with Gasteiger partial charge in [-0.25, -0.2) is 0 Å². The monoisotopic (exact) mass is 262 g/mol. The first kappa shape index (κ1) is 13.7. The molecule has 0 fully saturated rings. The molecule has 1 aromatic carbocycles. The zero-order chi connectivity index (χ0) is 13.7. The fraction of sp³-hybridized carbons (Fsp3) is 0.533. The minimum absolute atomic E-state index is 0.273. The summed E-state index contributed by atoms with van der Waals surface area (Å²) in [6.45, 7) is 3.06. The molecule has 0 amide bonds. The van der Waals surface area contributed by atoms with Gasteiger partial charge in [-0.2, -0.15) is 0 Å². The predicted molar refractivity (Wildman–Crippen MR) is 78.0 cm³/mol. The molecule has 4 heteroatoms. The van der Waals surface area contributed by atoms with Gasteiger partial charge in [-0.3, -0.25) is 4.79 Å². The Kier molecular flexibility index (Phi) is 4.66. The van der Waals surface area contributed by atoms with Crippen molar-refractivity contribution in [3.63, 3.8) is 0 Å². The number of aliphatic carboxylic acids is 1. The molecule has 0 unspecified atom stereocenters. The average Bonchev–Trinajstić information content (AvgIpc) is 2.55. The molecule has 1 aliphatic heterocycles. The van der Waals surface area contributed by atoms with Crippen molar-refractivity contribution < 1.29 is 9.90 Å². The fourth-order valence-corrected chi connectivity index (χ4v) is 2.61. The highest BCUT2D eigenvalue weighted by Gasteiger charge is 2.17. The molecular formula is C15H22N2O2. The molecule has 0 spiro atoms. The number of rotatable bonds is 5. The highest BCUT2D eigenvalue weighted by molar-refractivity contribution is 5.71. The van der Waals surface area contributed by atoms with Crippen LogP contribution in [0.1, 0.15) is 25.7 Å². The minimum atomic E-state index is -0.698. The van der Waals surface area contributed by atoms with Gasteiger partial charge in [-0.15, -0.1) is 0 Å². The minimum Gasteiger partial charge on any atom is -0.481 e. The van der Waals surface area contributed by atoms with Crippen LogP contribution in [0.15, 0.2) is 24.3 Å². The maximum atomic E-state index is 10.5. The molecule has 1 aromatic rings. The molecular weight excluding hydrogens is 240 g/mol. The second-order valence-electron chi connectivity index (χ2n) is 5.10. The van der Waals surface area contributed by atoms with E-state index in [1.54, 1.807) is 0 Å². The number of carboxylic acid groups (broad SMARTS) is 1. The Balaban J connectivity index is 2.00. The van der Waals surface area contributed by atoms with Gasteiger partial charge in [0.2, 0.25) is 0 Å². The lowest BCUT2D eigenvalue weighted by molar-refractivity contribution is -0.137. The summed E-state index contributed by atoms with van der Waals surface area (Å²) >= 11 is 0. The van der Waals surface area contributed by atoms with Gasteiger partial charge < -0.3 is 14.9 Å². The predicted octanol–water partition coefficient (Wildman–Crippen LogP) is 2.59. The summed E-state index contributed by atoms with van der Waals surface area (Å²) in [7, 11) is 2.13. The van der Waals surface area contributed by atoms with Gasteiger partial charge >= 0.3 is 5.97 Å². The molecule has 19 heavy (non-hydrogen) atoms. The summed E-state index contributed by atoms with van der Waals surface area (Å²) < 4.78 is 0. The van der Waals surface area contributed by atoms with E-state index < -0.39 is 5.97 Å². The van der Waals surface area contributed by atoms with Crippen molar-refractivity contribution >= 4 is 17.3 Å². The van der Waals surface area contributed by atoms with Crippen molar-refractivity contribution in [2.45, 2.75) is 25.7 Å². The van der Waals surface area contributed by atoms with Gasteiger partial charge in [0.15, 0.2) is 0 Å². The number of unbranched alkanes of at least 4 members (excludes halogenated alkanes) is 1. The Hall–Kier alpha value is -1.71. The van der Waals surface area contributed by atoms with E-state index >= 15 is 0 Å². The summed E-state index contributed by atoms with van der Waals surface area (Å²) in [6, 6.07) is 8.46. The SMILES string of the molecule is CN1CCCN(CCCCC(=O)O)c2ccccc21. The van der Waals surface area contributed by atoms with Crippen LogP contribution in [0.25, 0.3) is 0 Å². The zero-order valence-corrected chi connectivity index (χ0v) is 11.5. The number of para-hydroxylation sites is 2. The van der Waals surface area contributed by atoms with Gasteiger partial charge in [-0.1, -0.05) is 12.1 Å². The Morgan fingerprint density at radius 2 is 1.95 bits per heavy atom. The molecule has 0 bridgehead atoms. The van der Waals surface area contributed by atoms with Crippen LogP contribution in [-0.2, 0) is 4.79 Å². The highest BCUT2D eigenvalue weighted by Crippen LogP contribution is 2.31. The van der Waals surface area contributed by atoms with E-state index in [2.05, 4.69) is 41.1 Å². The van der Waals surface area contributed by atoms with E-state index in [4.69, 9.17) is 5.11 Å². The maximum Gasteiger partial charge on any atom is 0.303 e. The Bertz CT molecular complexity index is 434. The summed E-state index contributed by atoms with van der Waals surface area (Å²) in [5.41, 5.74) is 2.55. The van der Waals surface area contributed by atoms with Crippen molar-refractivity contribution in [3.05, 3.63) is 24.3 Å². The zero-order valence-electron chi connectivity index (χ0n) is 11.5. The van der Waals surface area contributed by atoms with Crippen LogP contribution in [0.4, 0.5) is 11.4 Å². The van der Waals surface area contributed by atoms with Crippen molar-refractivity contribution in [2.24, 2.45) is 0 Å². The second-order valence-corrected chi connectivity index (χ2v) is 5.10. The third-order valence-corrected chi connectivity index (χ3v) is 3.62. The fourth-order valence-electron chi connectivity index (χ4n) is 2.61. The van der Waals surface area contributed by atoms with E-state index in [9.17, 15) is 4.79 Å². The van der Waals surface area contributed by atoms with Crippen LogP contribution in [0.5, 0.6) is 0 Å². The number of hydrogen-bond acceptors (Lipinski definition) is 3. The lowest BCUT2D eigenvalue weighted by Gasteiger charge is -2.25. The first-order valence-corrected chi connectivity index (χ1v) is 6.95. The summed E-state index contributed by atoms with van der Waals surface area (Å²) in [5.74, 6) is -0.698. The van der Waals surface area contributed by atoms with Gasteiger partial charge in [0, 0.05) is 33.1 Å². The second kappa shape index (κ2) is 6.45. The van der Waals surface area contributed by atoms with Gasteiger partial charge in [-0.05, 0) is 31.4 Å². The molecule has 0 aromatic heterocycles. The summed E-state index contributed by atoms with van der Waals surface area (Å²) in [6.07, 6.45) is 3.10. The van der Waals surface area contributed by atoms with E-state index in [-0.39, 0.29) is 6.42 Å². The third-order valence-electron chi connectivity index (χ3n) is 3.62. The van der Waals surface area contributed by atoms with Crippen LogP contribution < -0.4 is 9.80 Å². The third kappa shape index (κ3) is 3.63. The van der Waals surface area contributed by atoms with Crippen molar-refractivity contribution in [1.82, 2.24) is 0 Å². The standard InChI is InChI=1S/C15H22N2O2/c1-16-10-6-12-17(11-5-4-9-15(18)19)14-8-3-2-7-13(14)16/h2-3,7-8H,4-6,9-12H2,1H3,(H,18,19). The first-order valence-electron chi connectivity index (χ1n) is 6.95. The highest BCUT2D eigenvalue weighted by atomic mass is 16.4. The van der Waals surface area contributed by atoms with E-state index in [0.29, 0.717) is 0 Å². The molecule has 4 nitrogen and oxygen atoms in total. The van der Waals surface area contributed by atoms with Crippen molar-refractivity contribution in [1.29, 1.82) is 0 Å². The molecule has 104 valence electrons. The smallest absolute Gasteiger partial charge is 0.303 e. The van der Waals surface area contributed by atoms with Gasteiger partial charge in [0.1, 0.15) is 0 Å². The van der Waals surface area contributed by atoms with Crippen LogP contribution in [0.3, 0.4) is 0 Å². The van der Waals surface area contributed by atoms with E-state index in [1.807, 2.05) is 0 Å². The summed E-state index contributed by atoms with van der Waals surface area (Å²) in [4.78, 5) is 15.2. The van der Waals surface area contributed by atoms with Crippen LogP contribution in [-0.4, -0.2) is 37.8 Å². The van der Waals surface area contributed by atoms with Crippen LogP contribution >= 0.6 is 0 Å². The number of fused-ring (bicyclic) bond motifs is 1. The molecule has 0 atom stereocenters. The Morgan fingerprint density at radius 3 is 2.68 bits per heavy atom. The number of carbonyl (C=O) groups is 1. The molecule has 0 saturated heterocycles. The maximum absolute atomic E-state index is 10.5. The quantitative estimate of drug-likeness (QED) is 0.828. The van der Waals surface area contributed by atoms with Gasteiger partial charge in [0.05, 0.1) is 11.4 Å². The average molecular weight is 262 g/mol. The molecule has 0 saturated carbocycles. The number of anilines is 2. The Morgan fingerprint density at radius 1 is 1.21 bits per heavy atom. The topological polar surface area (TPSA) is 43.8 Å². The van der Waals surface area contributed by atoms with E-state index in [0.717, 1.165) is 38.9 Å². The number of benzene rings is 1. The lowest BCUT2D eigenvalue weighted by atomic mass is 10.2. The van der Waals surface area contributed by atoms with E-state index in [1.165, 1.54) is 11.4 Å².